The van der Waals surface area contributed by atoms with E-state index in [1.54, 1.807) is 60.7 Å². The number of hydrogen-bond acceptors (Lipinski definition) is 7. The standard InChI is InChI=1S/C27H27F3N2O7/c1-18(33)38-22-23(37-15-20-10-6-3-7-11-20)26(16-27(28,29)30,17-36-14-19-8-4-2-5-9-19)39-24(22)32-13-12-21(34)31-25(32)35/h2-13,22-24H,14-17H2,1H3,(H,31,34,35). The van der Waals surface area contributed by atoms with Gasteiger partial charge in [0.25, 0.3) is 5.56 Å². The van der Waals surface area contributed by atoms with E-state index < -0.39 is 60.5 Å². The molecule has 0 saturated carbocycles. The molecule has 2 aromatic carbocycles. The van der Waals surface area contributed by atoms with Crippen LogP contribution >= 0.6 is 0 Å². The maximum atomic E-state index is 14.1. The lowest BCUT2D eigenvalue weighted by molar-refractivity contribution is -0.227. The number of aromatic amines is 1. The molecule has 0 aliphatic carbocycles. The number of alkyl halides is 3. The molecular weight excluding hydrogens is 521 g/mol. The molecule has 9 nitrogen and oxygen atoms in total. The Balaban J connectivity index is 1.76. The summed E-state index contributed by atoms with van der Waals surface area (Å²) in [4.78, 5) is 38.4. The molecule has 1 N–H and O–H groups in total. The van der Waals surface area contributed by atoms with Crippen LogP contribution in [0.25, 0.3) is 0 Å². The molecule has 1 aromatic heterocycles. The molecule has 39 heavy (non-hydrogen) atoms. The predicted octanol–water partition coefficient (Wildman–Crippen LogP) is 3.49. The van der Waals surface area contributed by atoms with E-state index >= 15 is 0 Å². The number of benzene rings is 2. The zero-order valence-electron chi connectivity index (χ0n) is 20.9. The van der Waals surface area contributed by atoms with Crippen LogP contribution in [0, 0.1) is 0 Å². The van der Waals surface area contributed by atoms with Crippen LogP contribution in [0.4, 0.5) is 13.2 Å². The fourth-order valence-corrected chi connectivity index (χ4v) is 4.55. The van der Waals surface area contributed by atoms with Gasteiger partial charge in [0.2, 0.25) is 0 Å². The van der Waals surface area contributed by atoms with Crippen LogP contribution in [0.2, 0.25) is 0 Å². The summed E-state index contributed by atoms with van der Waals surface area (Å²) in [6.07, 6.45) is -9.77. The topological polar surface area (TPSA) is 109 Å². The van der Waals surface area contributed by atoms with Gasteiger partial charge in [-0.05, 0) is 11.1 Å². The van der Waals surface area contributed by atoms with Crippen LogP contribution in [0.15, 0.2) is 82.5 Å². The maximum Gasteiger partial charge on any atom is 0.392 e. The van der Waals surface area contributed by atoms with E-state index in [1.807, 2.05) is 4.98 Å². The van der Waals surface area contributed by atoms with Crippen LogP contribution in [0.5, 0.6) is 0 Å². The van der Waals surface area contributed by atoms with Crippen LogP contribution in [-0.4, -0.2) is 46.1 Å². The number of rotatable bonds is 10. The smallest absolute Gasteiger partial charge is 0.392 e. The number of ether oxygens (including phenoxy) is 4. The third kappa shape index (κ3) is 7.22. The zero-order chi connectivity index (χ0) is 28.0. The van der Waals surface area contributed by atoms with Gasteiger partial charge in [-0.3, -0.25) is 19.1 Å². The van der Waals surface area contributed by atoms with Crippen molar-refractivity contribution in [3.8, 4) is 0 Å². The fraction of sp³-hybridized carbons (Fsp3) is 0.370. The van der Waals surface area contributed by atoms with Crippen LogP contribution in [0.3, 0.4) is 0 Å². The molecule has 0 bridgehead atoms. The fourth-order valence-electron chi connectivity index (χ4n) is 4.55. The number of H-pyrrole nitrogens is 1. The summed E-state index contributed by atoms with van der Waals surface area (Å²) in [7, 11) is 0. The molecule has 1 aliphatic rings. The molecule has 1 saturated heterocycles. The van der Waals surface area contributed by atoms with E-state index in [1.165, 1.54) is 0 Å². The molecule has 208 valence electrons. The second-order valence-corrected chi connectivity index (χ2v) is 9.15. The van der Waals surface area contributed by atoms with Crippen molar-refractivity contribution in [2.75, 3.05) is 6.61 Å². The minimum absolute atomic E-state index is 0.0310. The number of esters is 1. The second-order valence-electron chi connectivity index (χ2n) is 9.15. The van der Waals surface area contributed by atoms with Crippen molar-refractivity contribution in [3.05, 3.63) is 105 Å². The summed E-state index contributed by atoms with van der Waals surface area (Å²) in [5.41, 5.74) is -2.54. The number of hydrogen-bond donors (Lipinski definition) is 1. The van der Waals surface area contributed by atoms with Gasteiger partial charge < -0.3 is 18.9 Å². The molecule has 1 aliphatic heterocycles. The first-order valence-electron chi connectivity index (χ1n) is 12.1. The van der Waals surface area contributed by atoms with E-state index in [0.29, 0.717) is 11.1 Å². The minimum Gasteiger partial charge on any atom is -0.455 e. The number of carbonyl (C=O) groups excluding carboxylic acids is 1. The van der Waals surface area contributed by atoms with Crippen LogP contribution in [0.1, 0.15) is 30.7 Å². The Labute approximate surface area is 221 Å². The van der Waals surface area contributed by atoms with Gasteiger partial charge in [-0.15, -0.1) is 0 Å². The average molecular weight is 549 g/mol. The maximum absolute atomic E-state index is 14.1. The third-order valence-corrected chi connectivity index (χ3v) is 6.11. The normalized spacial score (nSPS) is 23.0. The molecule has 2 heterocycles. The van der Waals surface area contributed by atoms with Crippen LogP contribution < -0.4 is 11.2 Å². The van der Waals surface area contributed by atoms with Gasteiger partial charge in [-0.1, -0.05) is 60.7 Å². The van der Waals surface area contributed by atoms with Crippen molar-refractivity contribution in [1.82, 2.24) is 9.55 Å². The highest BCUT2D eigenvalue weighted by Crippen LogP contribution is 2.46. The Morgan fingerprint density at radius 1 is 1.00 bits per heavy atom. The molecule has 12 heteroatoms. The lowest BCUT2D eigenvalue weighted by Crippen LogP contribution is -2.51. The first-order valence-corrected chi connectivity index (χ1v) is 12.1. The Morgan fingerprint density at radius 3 is 2.18 bits per heavy atom. The SMILES string of the molecule is CC(=O)OC1C(n2ccc(=O)[nH]c2=O)OC(COCc2ccccc2)(CC(F)(F)F)C1OCc1ccccc1. The number of carbonyl (C=O) groups is 1. The molecular formula is C27H27F3N2O7. The molecule has 3 aromatic rings. The monoisotopic (exact) mass is 548 g/mol. The quantitative estimate of drug-likeness (QED) is 0.387. The van der Waals surface area contributed by atoms with E-state index in [2.05, 4.69) is 0 Å². The minimum atomic E-state index is -4.75. The second kappa shape index (κ2) is 12.0. The van der Waals surface area contributed by atoms with Gasteiger partial charge in [0.1, 0.15) is 11.7 Å². The molecule has 1 fully saturated rings. The number of aromatic nitrogens is 2. The molecule has 0 spiro atoms. The van der Waals surface area contributed by atoms with Gasteiger partial charge in [-0.2, -0.15) is 13.2 Å². The molecule has 4 unspecified atom stereocenters. The first kappa shape index (κ1) is 28.3. The van der Waals surface area contributed by atoms with Crippen LogP contribution in [-0.2, 0) is 37.0 Å². The summed E-state index contributed by atoms with van der Waals surface area (Å²) >= 11 is 0. The summed E-state index contributed by atoms with van der Waals surface area (Å²) in [5, 5.41) is 0. The number of nitrogens with one attached hydrogen (secondary N) is 1. The van der Waals surface area contributed by atoms with Gasteiger partial charge in [-0.25, -0.2) is 4.79 Å². The summed E-state index contributed by atoms with van der Waals surface area (Å²) in [6, 6.07) is 18.5. The highest BCUT2D eigenvalue weighted by Gasteiger charge is 2.62. The summed E-state index contributed by atoms with van der Waals surface area (Å²) < 4.78 is 66.2. The Bertz CT molecular complexity index is 1360. The van der Waals surface area contributed by atoms with E-state index in [4.69, 9.17) is 18.9 Å². The van der Waals surface area contributed by atoms with Crippen molar-refractivity contribution in [2.24, 2.45) is 0 Å². The Morgan fingerprint density at radius 2 is 1.62 bits per heavy atom. The van der Waals surface area contributed by atoms with Crippen molar-refractivity contribution in [1.29, 1.82) is 0 Å². The van der Waals surface area contributed by atoms with Gasteiger partial charge in [0.05, 0.1) is 26.2 Å². The van der Waals surface area contributed by atoms with E-state index in [9.17, 15) is 27.6 Å². The zero-order valence-corrected chi connectivity index (χ0v) is 20.9. The van der Waals surface area contributed by atoms with Gasteiger partial charge >= 0.3 is 17.8 Å². The Kier molecular flexibility index (Phi) is 8.68. The molecule has 0 radical (unpaired) electrons. The predicted molar refractivity (Wildman–Crippen MR) is 132 cm³/mol. The highest BCUT2D eigenvalue weighted by molar-refractivity contribution is 5.66. The van der Waals surface area contributed by atoms with Gasteiger partial charge in [0, 0.05) is 19.2 Å². The number of nitrogens with zero attached hydrogens (tertiary/aromatic N) is 1. The Hall–Kier alpha value is -3.74. The summed E-state index contributed by atoms with van der Waals surface area (Å²) in [5.74, 6) is -0.826. The summed E-state index contributed by atoms with van der Waals surface area (Å²) in [6.45, 7) is 0.304. The molecule has 4 atom stereocenters. The lowest BCUT2D eigenvalue weighted by Gasteiger charge is -2.35. The lowest BCUT2D eigenvalue weighted by atomic mass is 9.91. The third-order valence-electron chi connectivity index (χ3n) is 6.11. The average Bonchev–Trinajstić information content (AvgIpc) is 3.14. The molecule has 4 rings (SSSR count). The van der Waals surface area contributed by atoms with Crippen molar-refractivity contribution in [2.45, 2.75) is 56.8 Å². The van der Waals surface area contributed by atoms with Crippen molar-refractivity contribution < 1.29 is 36.9 Å². The van der Waals surface area contributed by atoms with E-state index in [-0.39, 0.29) is 13.2 Å². The van der Waals surface area contributed by atoms with Crippen molar-refractivity contribution in [3.63, 3.8) is 0 Å². The number of halogens is 3. The first-order chi connectivity index (χ1) is 18.6. The van der Waals surface area contributed by atoms with Crippen molar-refractivity contribution >= 4 is 5.97 Å². The largest absolute Gasteiger partial charge is 0.455 e. The van der Waals surface area contributed by atoms with Gasteiger partial charge in [0.15, 0.2) is 12.3 Å². The highest BCUT2D eigenvalue weighted by atomic mass is 19.4. The van der Waals surface area contributed by atoms with E-state index in [0.717, 1.165) is 23.8 Å². The molecule has 0 amide bonds.